The Hall–Kier alpha value is -1.95. The molecule has 1 aliphatic rings. The van der Waals surface area contributed by atoms with E-state index in [0.717, 1.165) is 5.69 Å². The van der Waals surface area contributed by atoms with Gasteiger partial charge in [-0.25, -0.2) is 13.4 Å². The molecule has 164 valence electrons. The highest BCUT2D eigenvalue weighted by Gasteiger charge is 2.27. The van der Waals surface area contributed by atoms with Crippen LogP contribution in [0.25, 0.3) is 0 Å². The van der Waals surface area contributed by atoms with Gasteiger partial charge in [0.1, 0.15) is 4.90 Å². The van der Waals surface area contributed by atoms with E-state index < -0.39 is 10.0 Å². The summed E-state index contributed by atoms with van der Waals surface area (Å²) in [5.41, 5.74) is 0.585. The number of carbonyl (C=O) groups is 1. The quantitative estimate of drug-likeness (QED) is 0.662. The molecule has 1 aliphatic heterocycles. The monoisotopic (exact) mass is 453 g/mol. The van der Waals surface area contributed by atoms with Gasteiger partial charge in [-0.2, -0.15) is 4.31 Å². The molecule has 1 fully saturated rings. The third-order valence-electron chi connectivity index (χ3n) is 4.70. The van der Waals surface area contributed by atoms with Crippen LogP contribution in [-0.4, -0.2) is 72.7 Å². The second-order valence-corrected chi connectivity index (χ2v) is 11.1. The number of rotatable bonds is 6. The number of sulfonamides is 1. The fourth-order valence-corrected chi connectivity index (χ4v) is 4.79. The smallest absolute Gasteiger partial charge is 0.244 e. The van der Waals surface area contributed by atoms with Gasteiger partial charge in [-0.3, -0.25) is 10.1 Å². The zero-order chi connectivity index (χ0) is 21.9. The molecule has 0 aliphatic carbocycles. The van der Waals surface area contributed by atoms with Crippen LogP contribution >= 0.6 is 11.8 Å². The number of thioether (sulfide) groups is 1. The van der Waals surface area contributed by atoms with Crippen molar-refractivity contribution in [2.45, 2.75) is 36.1 Å². The maximum Gasteiger partial charge on any atom is 0.244 e. The van der Waals surface area contributed by atoms with Crippen molar-refractivity contribution in [3.05, 3.63) is 30.1 Å². The fraction of sp³-hybridized carbons (Fsp3) is 0.526. The van der Waals surface area contributed by atoms with E-state index >= 15 is 0 Å². The Bertz CT molecular complexity index is 975. The Morgan fingerprint density at radius 2 is 1.93 bits per heavy atom. The summed E-state index contributed by atoms with van der Waals surface area (Å²) in [5, 5.41) is 7.19. The zero-order valence-electron chi connectivity index (χ0n) is 17.6. The lowest BCUT2D eigenvalue weighted by Crippen LogP contribution is -2.47. The first-order chi connectivity index (χ1) is 14.1. The van der Waals surface area contributed by atoms with Crippen molar-refractivity contribution >= 4 is 33.6 Å². The summed E-state index contributed by atoms with van der Waals surface area (Å²) in [4.78, 5) is 18.6. The Balaban J connectivity index is 1.54. The average molecular weight is 454 g/mol. The van der Waals surface area contributed by atoms with Crippen molar-refractivity contribution in [3.8, 4) is 0 Å². The minimum atomic E-state index is -3.55. The summed E-state index contributed by atoms with van der Waals surface area (Å²) in [7, 11) is -1.58. The molecule has 0 atom stereocenters. The molecule has 0 aromatic carbocycles. The molecule has 3 heterocycles. The Morgan fingerprint density at radius 1 is 1.23 bits per heavy atom. The van der Waals surface area contributed by atoms with E-state index in [0.29, 0.717) is 37.1 Å². The molecular weight excluding hydrogens is 426 g/mol. The van der Waals surface area contributed by atoms with Crippen molar-refractivity contribution < 1.29 is 17.7 Å². The number of likely N-dealkylation sites (N-methyl/N-ethyl adjacent to an activating group) is 1. The van der Waals surface area contributed by atoms with Gasteiger partial charge in [-0.1, -0.05) is 37.7 Å². The van der Waals surface area contributed by atoms with Gasteiger partial charge in [0.2, 0.25) is 21.8 Å². The largest absolute Gasteiger partial charge is 0.338 e. The summed E-state index contributed by atoms with van der Waals surface area (Å²) in [5.74, 6) is 0.156. The summed E-state index contributed by atoms with van der Waals surface area (Å²) < 4.78 is 32.1. The summed E-state index contributed by atoms with van der Waals surface area (Å²) >= 11 is 1.22. The van der Waals surface area contributed by atoms with Crippen LogP contribution in [0.3, 0.4) is 0 Å². The van der Waals surface area contributed by atoms with Gasteiger partial charge >= 0.3 is 0 Å². The lowest BCUT2D eigenvalue weighted by Gasteiger charge is -2.31. The molecular formula is C19H27N5O4S2. The van der Waals surface area contributed by atoms with Gasteiger partial charge in [0, 0.05) is 43.9 Å². The van der Waals surface area contributed by atoms with Gasteiger partial charge in [-0.15, -0.1) is 0 Å². The van der Waals surface area contributed by atoms with Crippen LogP contribution in [-0.2, 0) is 20.2 Å². The van der Waals surface area contributed by atoms with Crippen molar-refractivity contribution in [3.63, 3.8) is 0 Å². The fourth-order valence-electron chi connectivity index (χ4n) is 2.78. The van der Waals surface area contributed by atoms with Gasteiger partial charge in [0.05, 0.1) is 16.5 Å². The average Bonchev–Trinajstić information content (AvgIpc) is 3.16. The molecule has 9 nitrogen and oxygen atoms in total. The number of amides is 1. The van der Waals surface area contributed by atoms with E-state index in [2.05, 4.69) is 20.4 Å². The van der Waals surface area contributed by atoms with Crippen LogP contribution in [0.4, 0.5) is 5.88 Å². The predicted octanol–water partition coefficient (Wildman–Crippen LogP) is 2.03. The second kappa shape index (κ2) is 9.04. The van der Waals surface area contributed by atoms with Gasteiger partial charge in [-0.05, 0) is 19.2 Å². The van der Waals surface area contributed by atoms with Crippen LogP contribution < -0.4 is 5.32 Å². The van der Waals surface area contributed by atoms with Crippen molar-refractivity contribution in [1.29, 1.82) is 0 Å². The molecule has 1 N–H and O–H groups in total. The van der Waals surface area contributed by atoms with Crippen LogP contribution in [0, 0.1) is 0 Å². The van der Waals surface area contributed by atoms with Crippen LogP contribution in [0.2, 0.25) is 0 Å². The number of hydrogen-bond donors (Lipinski definition) is 1. The minimum Gasteiger partial charge on any atom is -0.338 e. The number of nitrogens with zero attached hydrogens (tertiary/aromatic N) is 4. The first-order valence-corrected chi connectivity index (χ1v) is 12.0. The number of nitrogens with one attached hydrogen (secondary N) is 1. The molecule has 0 unspecified atom stereocenters. The topological polar surface area (TPSA) is 109 Å². The third-order valence-corrected chi connectivity index (χ3v) is 7.53. The lowest BCUT2D eigenvalue weighted by molar-refractivity contribution is -0.113. The standard InChI is InChI=1S/C19H27N5O4S2/c1-19(2,3)15-11-17(28-22-15)21-16(25)13-29-18-6-5-14(12-20-18)30(26,27)24-9-7-23(4)8-10-24/h5-6,11-12H,7-10,13H2,1-4H3,(H,21,25). The van der Waals surface area contributed by atoms with E-state index in [-0.39, 0.29) is 22.0 Å². The normalized spacial score (nSPS) is 16.5. The van der Waals surface area contributed by atoms with E-state index in [4.69, 9.17) is 4.52 Å². The molecule has 0 saturated carbocycles. The number of anilines is 1. The molecule has 0 radical (unpaired) electrons. The van der Waals surface area contributed by atoms with Crippen molar-refractivity contribution in [2.24, 2.45) is 0 Å². The molecule has 30 heavy (non-hydrogen) atoms. The third kappa shape index (κ3) is 5.60. The summed E-state index contributed by atoms with van der Waals surface area (Å²) in [6, 6.07) is 4.86. The van der Waals surface area contributed by atoms with E-state index in [1.54, 1.807) is 12.1 Å². The summed E-state index contributed by atoms with van der Waals surface area (Å²) in [6.07, 6.45) is 1.35. The molecule has 2 aromatic rings. The predicted molar refractivity (Wildman–Crippen MR) is 115 cm³/mol. The molecule has 1 amide bonds. The van der Waals surface area contributed by atoms with Gasteiger partial charge < -0.3 is 9.42 Å². The zero-order valence-corrected chi connectivity index (χ0v) is 19.2. The van der Waals surface area contributed by atoms with Gasteiger partial charge in [0.15, 0.2) is 0 Å². The maximum atomic E-state index is 12.7. The minimum absolute atomic E-state index is 0.114. The molecule has 2 aromatic heterocycles. The number of carbonyl (C=O) groups excluding carboxylic acids is 1. The molecule has 3 rings (SSSR count). The Kier molecular flexibility index (Phi) is 6.85. The summed E-state index contributed by atoms with van der Waals surface area (Å²) in [6.45, 7) is 8.36. The van der Waals surface area contributed by atoms with Crippen LogP contribution in [0.5, 0.6) is 0 Å². The molecule has 0 bridgehead atoms. The Morgan fingerprint density at radius 3 is 2.50 bits per heavy atom. The molecule has 0 spiro atoms. The maximum absolute atomic E-state index is 12.7. The van der Waals surface area contributed by atoms with E-state index in [1.165, 1.54) is 28.3 Å². The van der Waals surface area contributed by atoms with Crippen LogP contribution in [0.1, 0.15) is 26.5 Å². The molecule has 1 saturated heterocycles. The van der Waals surface area contributed by atoms with E-state index in [1.807, 2.05) is 27.8 Å². The van der Waals surface area contributed by atoms with E-state index in [9.17, 15) is 13.2 Å². The lowest BCUT2D eigenvalue weighted by atomic mass is 9.92. The van der Waals surface area contributed by atoms with Crippen molar-refractivity contribution in [1.82, 2.24) is 19.3 Å². The Labute approximate surface area is 181 Å². The number of pyridine rings is 1. The van der Waals surface area contributed by atoms with Crippen LogP contribution in [0.15, 0.2) is 38.8 Å². The highest BCUT2D eigenvalue weighted by atomic mass is 32.2. The number of aromatic nitrogens is 2. The second-order valence-electron chi connectivity index (χ2n) is 8.20. The number of piperazine rings is 1. The van der Waals surface area contributed by atoms with Gasteiger partial charge in [0.25, 0.3) is 0 Å². The number of hydrogen-bond acceptors (Lipinski definition) is 8. The first kappa shape index (κ1) is 22.7. The first-order valence-electron chi connectivity index (χ1n) is 9.60. The SMILES string of the molecule is CN1CCN(S(=O)(=O)c2ccc(SCC(=O)Nc3cc(C(C)(C)C)no3)nc2)CC1. The highest BCUT2D eigenvalue weighted by Crippen LogP contribution is 2.24. The van der Waals surface area contributed by atoms with Crippen molar-refractivity contribution in [2.75, 3.05) is 44.3 Å². The molecule has 11 heteroatoms. The highest BCUT2D eigenvalue weighted by molar-refractivity contribution is 7.99.